The zero-order valence-electron chi connectivity index (χ0n) is 13.5. The summed E-state index contributed by atoms with van der Waals surface area (Å²) < 4.78 is 0. The van der Waals surface area contributed by atoms with Crippen LogP contribution in [0.2, 0.25) is 0 Å². The molecular formula is C16H33N3O. The van der Waals surface area contributed by atoms with Gasteiger partial charge in [0.2, 0.25) is 5.91 Å². The predicted octanol–water partition coefficient (Wildman–Crippen LogP) is 1.99. The number of hydrogen-bond donors (Lipinski definition) is 2. The maximum Gasteiger partial charge on any atom is 0.236 e. The molecule has 118 valence electrons. The molecule has 1 rings (SSSR count). The number of nitrogens with two attached hydrogens (primary N) is 1. The summed E-state index contributed by atoms with van der Waals surface area (Å²) in [5, 5.41) is 3.03. The van der Waals surface area contributed by atoms with E-state index in [4.69, 9.17) is 5.73 Å². The first kappa shape index (κ1) is 17.4. The molecule has 1 fully saturated rings. The third-order valence-electron chi connectivity index (χ3n) is 4.16. The van der Waals surface area contributed by atoms with Gasteiger partial charge in [-0.1, -0.05) is 27.2 Å². The van der Waals surface area contributed by atoms with Crippen LogP contribution in [0.15, 0.2) is 0 Å². The Labute approximate surface area is 124 Å². The number of piperidine rings is 1. The van der Waals surface area contributed by atoms with E-state index in [1.807, 2.05) is 0 Å². The van der Waals surface area contributed by atoms with Crippen LogP contribution >= 0.6 is 0 Å². The van der Waals surface area contributed by atoms with Gasteiger partial charge >= 0.3 is 0 Å². The number of carbonyl (C=O) groups excluding carboxylic acids is 1. The summed E-state index contributed by atoms with van der Waals surface area (Å²) in [5.74, 6) is 1.12. The lowest BCUT2D eigenvalue weighted by molar-refractivity contribution is -0.122. The molecule has 0 bridgehead atoms. The average Bonchev–Trinajstić information content (AvgIpc) is 2.42. The van der Waals surface area contributed by atoms with Gasteiger partial charge in [-0.25, -0.2) is 0 Å². The van der Waals surface area contributed by atoms with Gasteiger partial charge in [-0.15, -0.1) is 0 Å². The Balaban J connectivity index is 2.16. The van der Waals surface area contributed by atoms with E-state index in [2.05, 4.69) is 31.0 Å². The Kier molecular flexibility index (Phi) is 8.15. The highest BCUT2D eigenvalue weighted by Gasteiger charge is 2.20. The van der Waals surface area contributed by atoms with Gasteiger partial charge in [0.05, 0.1) is 6.04 Å². The molecular weight excluding hydrogens is 250 g/mol. The molecule has 1 saturated heterocycles. The molecule has 1 aliphatic rings. The fraction of sp³-hybridized carbons (Fsp3) is 0.938. The Bertz CT molecular complexity index is 273. The zero-order chi connectivity index (χ0) is 15.0. The van der Waals surface area contributed by atoms with Gasteiger partial charge in [-0.3, -0.25) is 4.79 Å². The van der Waals surface area contributed by atoms with Crippen molar-refractivity contribution in [3.8, 4) is 0 Å². The molecule has 0 radical (unpaired) electrons. The van der Waals surface area contributed by atoms with Gasteiger partial charge in [-0.05, 0) is 57.2 Å². The smallest absolute Gasteiger partial charge is 0.236 e. The molecule has 4 heteroatoms. The molecule has 1 aliphatic heterocycles. The Morgan fingerprint density at radius 1 is 1.35 bits per heavy atom. The molecule has 4 nitrogen and oxygen atoms in total. The second-order valence-corrected chi connectivity index (χ2v) is 6.62. The summed E-state index contributed by atoms with van der Waals surface area (Å²) in [6.45, 7) is 10.8. The van der Waals surface area contributed by atoms with Crippen molar-refractivity contribution in [2.75, 3.05) is 26.2 Å². The van der Waals surface area contributed by atoms with Crippen LogP contribution in [-0.2, 0) is 4.79 Å². The summed E-state index contributed by atoms with van der Waals surface area (Å²) >= 11 is 0. The fourth-order valence-electron chi connectivity index (χ4n) is 2.79. The van der Waals surface area contributed by atoms with Crippen LogP contribution < -0.4 is 11.1 Å². The average molecular weight is 283 g/mol. The lowest BCUT2D eigenvalue weighted by Crippen LogP contribution is -2.45. The minimum atomic E-state index is -0.348. The van der Waals surface area contributed by atoms with E-state index in [9.17, 15) is 4.79 Å². The molecule has 0 aliphatic carbocycles. The van der Waals surface area contributed by atoms with Crippen molar-refractivity contribution in [1.82, 2.24) is 10.2 Å². The third kappa shape index (κ3) is 6.71. The van der Waals surface area contributed by atoms with Crippen molar-refractivity contribution >= 4 is 5.91 Å². The molecule has 0 saturated carbocycles. The fourth-order valence-corrected chi connectivity index (χ4v) is 2.79. The van der Waals surface area contributed by atoms with E-state index in [1.54, 1.807) is 0 Å². The summed E-state index contributed by atoms with van der Waals surface area (Å²) in [6.07, 6.45) is 5.73. The van der Waals surface area contributed by atoms with Gasteiger partial charge in [0.1, 0.15) is 0 Å². The van der Waals surface area contributed by atoms with Crippen molar-refractivity contribution in [3.05, 3.63) is 0 Å². The van der Waals surface area contributed by atoms with E-state index >= 15 is 0 Å². The van der Waals surface area contributed by atoms with E-state index < -0.39 is 0 Å². The zero-order valence-corrected chi connectivity index (χ0v) is 13.5. The van der Waals surface area contributed by atoms with Crippen LogP contribution in [0, 0.1) is 11.8 Å². The lowest BCUT2D eigenvalue weighted by Gasteiger charge is -2.32. The molecule has 0 unspecified atom stereocenters. The summed E-state index contributed by atoms with van der Waals surface area (Å²) in [6, 6.07) is -0.348. The van der Waals surface area contributed by atoms with Crippen LogP contribution in [-0.4, -0.2) is 43.0 Å². The van der Waals surface area contributed by atoms with E-state index in [-0.39, 0.29) is 11.9 Å². The number of amides is 1. The topological polar surface area (TPSA) is 58.4 Å². The first-order chi connectivity index (χ1) is 9.52. The minimum absolute atomic E-state index is 0.0205. The molecule has 1 heterocycles. The number of rotatable bonds is 8. The van der Waals surface area contributed by atoms with Crippen molar-refractivity contribution in [1.29, 1.82) is 0 Å². The summed E-state index contributed by atoms with van der Waals surface area (Å²) in [7, 11) is 0. The molecule has 0 aromatic heterocycles. The third-order valence-corrected chi connectivity index (χ3v) is 4.16. The van der Waals surface area contributed by atoms with Gasteiger partial charge in [0.25, 0.3) is 0 Å². The van der Waals surface area contributed by atoms with Crippen molar-refractivity contribution in [2.45, 2.75) is 58.9 Å². The van der Waals surface area contributed by atoms with Gasteiger partial charge in [0.15, 0.2) is 0 Å². The Morgan fingerprint density at radius 3 is 2.55 bits per heavy atom. The molecule has 1 atom stereocenters. The molecule has 0 aromatic carbocycles. The molecule has 20 heavy (non-hydrogen) atoms. The van der Waals surface area contributed by atoms with Crippen LogP contribution in [0.4, 0.5) is 0 Å². The first-order valence-electron chi connectivity index (χ1n) is 8.28. The van der Waals surface area contributed by atoms with Gasteiger partial charge in [-0.2, -0.15) is 0 Å². The van der Waals surface area contributed by atoms with Crippen LogP contribution in [0.25, 0.3) is 0 Å². The highest BCUT2D eigenvalue weighted by molar-refractivity contribution is 5.81. The van der Waals surface area contributed by atoms with Gasteiger partial charge < -0.3 is 16.0 Å². The van der Waals surface area contributed by atoms with Crippen molar-refractivity contribution in [2.24, 2.45) is 17.6 Å². The Hall–Kier alpha value is -0.610. The molecule has 3 N–H and O–H groups in total. The number of hydrogen-bond acceptors (Lipinski definition) is 3. The Morgan fingerprint density at radius 2 is 2.00 bits per heavy atom. The van der Waals surface area contributed by atoms with E-state index in [1.165, 1.54) is 45.3 Å². The minimum Gasteiger partial charge on any atom is -0.354 e. The number of nitrogens with one attached hydrogen (secondary N) is 1. The van der Waals surface area contributed by atoms with Crippen LogP contribution in [0.5, 0.6) is 0 Å². The molecule has 0 aromatic rings. The normalized spacial score (nSPS) is 19.2. The van der Waals surface area contributed by atoms with Crippen molar-refractivity contribution in [3.63, 3.8) is 0 Å². The summed E-state index contributed by atoms with van der Waals surface area (Å²) in [4.78, 5) is 14.4. The van der Waals surface area contributed by atoms with Gasteiger partial charge in [0, 0.05) is 6.54 Å². The highest BCUT2D eigenvalue weighted by atomic mass is 16.2. The largest absolute Gasteiger partial charge is 0.354 e. The summed E-state index contributed by atoms with van der Waals surface area (Å²) in [5.41, 5.74) is 5.89. The van der Waals surface area contributed by atoms with E-state index in [0.29, 0.717) is 11.8 Å². The van der Waals surface area contributed by atoms with Crippen molar-refractivity contribution < 1.29 is 4.79 Å². The van der Waals surface area contributed by atoms with Crippen LogP contribution in [0.3, 0.4) is 0 Å². The number of unbranched alkanes of at least 4 members (excludes halogenated alkanes) is 1. The maximum absolute atomic E-state index is 11.9. The molecule has 0 spiro atoms. The number of likely N-dealkylation sites (tertiary alicyclic amines) is 1. The monoisotopic (exact) mass is 283 g/mol. The second-order valence-electron chi connectivity index (χ2n) is 6.62. The highest BCUT2D eigenvalue weighted by Crippen LogP contribution is 2.16. The SMILES string of the molecule is CCCCN1CCC(CNC(=O)[C@@H](N)CC(C)C)CC1. The number of carbonyl (C=O) groups is 1. The standard InChI is InChI=1S/C16H33N3O/c1-4-5-8-19-9-6-14(7-10-19)12-18-16(20)15(17)11-13(2)3/h13-15H,4-12,17H2,1-3H3,(H,18,20)/t15-/m0/s1. The quantitative estimate of drug-likeness (QED) is 0.716. The lowest BCUT2D eigenvalue weighted by atomic mass is 9.96. The van der Waals surface area contributed by atoms with E-state index in [0.717, 1.165) is 13.0 Å². The van der Waals surface area contributed by atoms with Crippen LogP contribution in [0.1, 0.15) is 52.9 Å². The second kappa shape index (κ2) is 9.35. The number of nitrogens with zero attached hydrogens (tertiary/aromatic N) is 1. The maximum atomic E-state index is 11.9. The first-order valence-corrected chi connectivity index (χ1v) is 8.28. The molecule has 1 amide bonds. The predicted molar refractivity (Wildman–Crippen MR) is 84.5 cm³/mol.